The van der Waals surface area contributed by atoms with Crippen LogP contribution in [0.15, 0.2) is 6.20 Å². The lowest BCUT2D eigenvalue weighted by Gasteiger charge is -2.33. The van der Waals surface area contributed by atoms with E-state index in [1.54, 1.807) is 11.7 Å². The summed E-state index contributed by atoms with van der Waals surface area (Å²) in [6, 6.07) is -1.17. The number of amides is 2. The number of carbonyl (C=O) groups excluding carboxylic acids is 2. The average Bonchev–Trinajstić information content (AvgIpc) is 3.30. The lowest BCUT2D eigenvalue weighted by molar-refractivity contribution is -0.143. The summed E-state index contributed by atoms with van der Waals surface area (Å²) in [5.41, 5.74) is 0.934. The van der Waals surface area contributed by atoms with Crippen molar-refractivity contribution in [2.75, 3.05) is 26.8 Å². The molecule has 0 spiro atoms. The molecule has 1 saturated carbocycles. The number of carbonyl (C=O) groups is 2. The van der Waals surface area contributed by atoms with E-state index in [1.165, 1.54) is 4.90 Å². The number of aliphatic hydroxyl groups is 1. The van der Waals surface area contributed by atoms with Gasteiger partial charge in [-0.05, 0) is 31.6 Å². The number of rotatable bonds is 5. The van der Waals surface area contributed by atoms with Gasteiger partial charge in [0.25, 0.3) is 0 Å². The Bertz CT molecular complexity index is 698. The van der Waals surface area contributed by atoms with E-state index in [0.717, 1.165) is 31.4 Å². The maximum Gasteiger partial charge on any atom is 0.248 e. The van der Waals surface area contributed by atoms with Crippen LogP contribution in [0, 0.1) is 5.92 Å². The normalized spacial score (nSPS) is 27.6. The summed E-state index contributed by atoms with van der Waals surface area (Å²) < 4.78 is 7.14. The van der Waals surface area contributed by atoms with E-state index in [2.05, 4.69) is 15.6 Å². The summed E-state index contributed by atoms with van der Waals surface area (Å²) in [6.45, 7) is 1.39. The van der Waals surface area contributed by atoms with Gasteiger partial charge in [-0.3, -0.25) is 9.59 Å². The van der Waals surface area contributed by atoms with Gasteiger partial charge in [-0.1, -0.05) is 5.21 Å². The van der Waals surface area contributed by atoms with Gasteiger partial charge >= 0.3 is 0 Å². The smallest absolute Gasteiger partial charge is 0.248 e. The molecule has 0 radical (unpaired) electrons. The molecule has 2 aliphatic heterocycles. The molecule has 2 saturated heterocycles. The number of aliphatic hydroxyl groups excluding tert-OH is 1. The molecule has 3 heterocycles. The molecule has 3 aliphatic rings. The first kappa shape index (κ1) is 18.4. The van der Waals surface area contributed by atoms with E-state index in [0.29, 0.717) is 19.1 Å². The number of hydrogen-bond donors (Lipinski definition) is 2. The summed E-state index contributed by atoms with van der Waals surface area (Å²) in [4.78, 5) is 27.3. The zero-order chi connectivity index (χ0) is 19.0. The first-order chi connectivity index (χ1) is 13.1. The molecule has 148 valence electrons. The first-order valence-corrected chi connectivity index (χ1v) is 9.78. The molecule has 2 amide bonds. The van der Waals surface area contributed by atoms with Crippen LogP contribution in [0.5, 0.6) is 0 Å². The molecule has 1 unspecified atom stereocenters. The van der Waals surface area contributed by atoms with Crippen LogP contribution in [0.3, 0.4) is 0 Å². The highest BCUT2D eigenvalue weighted by atomic mass is 16.5. The summed E-state index contributed by atoms with van der Waals surface area (Å²) in [5, 5.41) is 21.2. The summed E-state index contributed by atoms with van der Waals surface area (Å²) >= 11 is 0. The number of nitrogens with zero attached hydrogens (tertiary/aromatic N) is 4. The van der Waals surface area contributed by atoms with Crippen LogP contribution >= 0.6 is 0 Å². The maximum absolute atomic E-state index is 13.5. The number of nitrogens with one attached hydrogen (secondary N) is 1. The van der Waals surface area contributed by atoms with Crippen LogP contribution in [0.1, 0.15) is 49.8 Å². The van der Waals surface area contributed by atoms with Crippen molar-refractivity contribution >= 4 is 11.8 Å². The Labute approximate surface area is 158 Å². The van der Waals surface area contributed by atoms with Crippen LogP contribution in [-0.2, 0) is 14.3 Å². The third-order valence-corrected chi connectivity index (χ3v) is 5.89. The van der Waals surface area contributed by atoms with Crippen molar-refractivity contribution in [2.45, 2.75) is 56.2 Å². The van der Waals surface area contributed by atoms with Crippen LogP contribution in [0.2, 0.25) is 0 Å². The van der Waals surface area contributed by atoms with E-state index in [1.807, 2.05) is 6.20 Å². The fourth-order valence-electron chi connectivity index (χ4n) is 4.20. The number of aromatic nitrogens is 3. The third kappa shape index (κ3) is 3.70. The largest absolute Gasteiger partial charge is 0.391 e. The van der Waals surface area contributed by atoms with Gasteiger partial charge in [-0.25, -0.2) is 4.68 Å². The highest BCUT2D eigenvalue weighted by molar-refractivity contribution is 5.90. The van der Waals surface area contributed by atoms with Crippen LogP contribution in [-0.4, -0.2) is 75.8 Å². The van der Waals surface area contributed by atoms with E-state index >= 15 is 0 Å². The summed E-state index contributed by atoms with van der Waals surface area (Å²) in [7, 11) is 1.55. The fraction of sp³-hybridized carbons (Fsp3) is 0.778. The second kappa shape index (κ2) is 7.55. The zero-order valence-electron chi connectivity index (χ0n) is 15.6. The Morgan fingerprint density at radius 2 is 2.04 bits per heavy atom. The van der Waals surface area contributed by atoms with Gasteiger partial charge in [0.15, 0.2) is 0 Å². The van der Waals surface area contributed by atoms with E-state index in [9.17, 15) is 14.7 Å². The molecule has 1 aromatic rings. The molecule has 3 fully saturated rings. The van der Waals surface area contributed by atoms with Crippen LogP contribution in [0.4, 0.5) is 0 Å². The lowest BCUT2D eigenvalue weighted by atomic mass is 9.90. The predicted octanol–water partition coefficient (Wildman–Crippen LogP) is -0.169. The number of β-amino-alcohol motifs (C(OH)–C–C–N with tert-alkyl or cyclic N) is 1. The number of hydrogen-bond acceptors (Lipinski definition) is 6. The second-order valence-corrected chi connectivity index (χ2v) is 7.80. The SMILES string of the molecule is CNC(=O)[C@@H]1C[C@@H](O)CN1C(=O)C(C1CCOCC1)n1cc(C2CC2)nn1. The molecule has 0 aromatic carbocycles. The van der Waals surface area contributed by atoms with Gasteiger partial charge in [0.05, 0.1) is 11.8 Å². The standard InChI is InChI=1S/C18H27N5O4/c1-19-17(25)15-8-13(24)9-22(15)18(26)16(12-4-6-27-7-5-12)23-10-14(20-21-23)11-2-3-11/h10-13,15-16,24H,2-9H2,1H3,(H,19,25)/t13-,15+,16?/m1/s1. The predicted molar refractivity (Wildman–Crippen MR) is 94.8 cm³/mol. The Kier molecular flexibility index (Phi) is 5.14. The Balaban J connectivity index is 1.62. The zero-order valence-corrected chi connectivity index (χ0v) is 15.6. The highest BCUT2D eigenvalue weighted by Gasteiger charge is 2.44. The van der Waals surface area contributed by atoms with Crippen molar-refractivity contribution in [1.82, 2.24) is 25.2 Å². The van der Waals surface area contributed by atoms with Crippen molar-refractivity contribution in [2.24, 2.45) is 5.92 Å². The molecule has 0 bridgehead atoms. The molecular weight excluding hydrogens is 350 g/mol. The lowest BCUT2D eigenvalue weighted by Crippen LogP contribution is -2.49. The topological polar surface area (TPSA) is 110 Å². The van der Waals surface area contributed by atoms with Gasteiger partial charge in [-0.15, -0.1) is 5.10 Å². The van der Waals surface area contributed by atoms with Crippen molar-refractivity contribution in [3.8, 4) is 0 Å². The van der Waals surface area contributed by atoms with Crippen molar-refractivity contribution in [3.63, 3.8) is 0 Å². The average molecular weight is 377 g/mol. The van der Waals surface area contributed by atoms with Crippen LogP contribution in [0.25, 0.3) is 0 Å². The molecule has 2 N–H and O–H groups in total. The van der Waals surface area contributed by atoms with Gasteiger partial charge < -0.3 is 20.1 Å². The molecule has 3 atom stereocenters. The van der Waals surface area contributed by atoms with Gasteiger partial charge in [0.1, 0.15) is 12.1 Å². The minimum atomic E-state index is -0.690. The number of ether oxygens (including phenoxy) is 1. The minimum Gasteiger partial charge on any atom is -0.391 e. The van der Waals surface area contributed by atoms with Crippen molar-refractivity contribution in [3.05, 3.63) is 11.9 Å². The van der Waals surface area contributed by atoms with Gasteiger partial charge in [-0.2, -0.15) is 0 Å². The Morgan fingerprint density at radius 3 is 2.70 bits per heavy atom. The summed E-state index contributed by atoms with van der Waals surface area (Å²) in [5.74, 6) is 0.113. The molecule has 1 aromatic heterocycles. The maximum atomic E-state index is 13.5. The molecule has 9 nitrogen and oxygen atoms in total. The molecule has 1 aliphatic carbocycles. The fourth-order valence-corrected chi connectivity index (χ4v) is 4.20. The first-order valence-electron chi connectivity index (χ1n) is 9.78. The van der Waals surface area contributed by atoms with Crippen molar-refractivity contribution in [1.29, 1.82) is 0 Å². The Morgan fingerprint density at radius 1 is 1.30 bits per heavy atom. The summed E-state index contributed by atoms with van der Waals surface area (Å²) in [6.07, 6.45) is 5.21. The molecule has 4 rings (SSSR count). The monoisotopic (exact) mass is 377 g/mol. The highest BCUT2D eigenvalue weighted by Crippen LogP contribution is 2.39. The van der Waals surface area contributed by atoms with E-state index in [4.69, 9.17) is 4.74 Å². The quantitative estimate of drug-likeness (QED) is 0.737. The third-order valence-electron chi connectivity index (χ3n) is 5.89. The van der Waals surface area contributed by atoms with E-state index < -0.39 is 18.2 Å². The molecule has 27 heavy (non-hydrogen) atoms. The number of likely N-dealkylation sites (tertiary alicyclic amines) is 1. The molecular formula is C18H27N5O4. The Hall–Kier alpha value is -2.00. The van der Waals surface area contributed by atoms with Crippen molar-refractivity contribution < 1.29 is 19.4 Å². The second-order valence-electron chi connectivity index (χ2n) is 7.80. The number of likely N-dealkylation sites (N-methyl/N-ethyl adjacent to an activating group) is 1. The van der Waals surface area contributed by atoms with Crippen LogP contribution < -0.4 is 5.32 Å². The minimum absolute atomic E-state index is 0.0723. The van der Waals surface area contributed by atoms with Gasteiger partial charge in [0.2, 0.25) is 11.8 Å². The van der Waals surface area contributed by atoms with Gasteiger partial charge in [0, 0.05) is 45.3 Å². The van der Waals surface area contributed by atoms with E-state index in [-0.39, 0.29) is 30.7 Å². The molecule has 9 heteroatoms.